The SMILES string of the molecule is CCC1(CC)NC(=O)N(CC(=O)Nc2ccc(CCN3CCSCC3)cc2)C1=O. The third-order valence-electron chi connectivity index (χ3n) is 5.81. The van der Waals surface area contributed by atoms with Crippen molar-refractivity contribution >= 4 is 35.3 Å². The van der Waals surface area contributed by atoms with Crippen LogP contribution in [0.5, 0.6) is 0 Å². The van der Waals surface area contributed by atoms with Crippen LogP contribution in [0.4, 0.5) is 10.5 Å². The van der Waals surface area contributed by atoms with E-state index in [0.29, 0.717) is 18.5 Å². The molecule has 2 aliphatic heterocycles. The Labute approximate surface area is 176 Å². The van der Waals surface area contributed by atoms with Crippen LogP contribution in [-0.2, 0) is 16.0 Å². The molecule has 2 N–H and O–H groups in total. The molecule has 0 bridgehead atoms. The zero-order valence-electron chi connectivity index (χ0n) is 17.2. The number of carbonyl (C=O) groups excluding carboxylic acids is 3. The van der Waals surface area contributed by atoms with E-state index in [0.717, 1.165) is 31.0 Å². The lowest BCUT2D eigenvalue weighted by atomic mass is 9.93. The lowest BCUT2D eigenvalue weighted by Gasteiger charge is -2.26. The molecule has 158 valence electrons. The van der Waals surface area contributed by atoms with Crippen LogP contribution in [-0.4, -0.2) is 70.9 Å². The summed E-state index contributed by atoms with van der Waals surface area (Å²) in [7, 11) is 0. The van der Waals surface area contributed by atoms with Gasteiger partial charge in [-0.15, -0.1) is 0 Å². The number of urea groups is 1. The average molecular weight is 419 g/mol. The normalized spacial score (nSPS) is 19.3. The number of rotatable bonds is 8. The zero-order valence-corrected chi connectivity index (χ0v) is 18.0. The smallest absolute Gasteiger partial charge is 0.325 e. The second kappa shape index (κ2) is 9.63. The molecule has 2 fully saturated rings. The molecular weight excluding hydrogens is 388 g/mol. The van der Waals surface area contributed by atoms with Crippen molar-refractivity contribution < 1.29 is 14.4 Å². The molecule has 1 aromatic carbocycles. The summed E-state index contributed by atoms with van der Waals surface area (Å²) < 4.78 is 0. The van der Waals surface area contributed by atoms with Crippen molar-refractivity contribution in [3.63, 3.8) is 0 Å². The molecule has 0 saturated carbocycles. The molecule has 2 heterocycles. The highest BCUT2D eigenvalue weighted by Crippen LogP contribution is 2.24. The topological polar surface area (TPSA) is 81.8 Å². The Morgan fingerprint density at radius 3 is 2.38 bits per heavy atom. The van der Waals surface area contributed by atoms with Crippen LogP contribution in [0.25, 0.3) is 0 Å². The van der Waals surface area contributed by atoms with Gasteiger partial charge in [0.15, 0.2) is 0 Å². The van der Waals surface area contributed by atoms with Gasteiger partial charge < -0.3 is 15.5 Å². The van der Waals surface area contributed by atoms with Crippen LogP contribution in [0.3, 0.4) is 0 Å². The molecule has 29 heavy (non-hydrogen) atoms. The quantitative estimate of drug-likeness (QED) is 0.633. The molecule has 2 saturated heterocycles. The number of nitrogens with zero attached hydrogens (tertiary/aromatic N) is 2. The number of nitrogens with one attached hydrogen (secondary N) is 2. The maximum atomic E-state index is 12.6. The standard InChI is InChI=1S/C21H30N4O3S/c1-3-21(4-2)19(27)25(20(28)23-21)15-18(26)22-17-7-5-16(6-8-17)9-10-24-11-13-29-14-12-24/h5-8H,3-4,9-15H2,1-2H3,(H,22,26)(H,23,28). The van der Waals surface area contributed by atoms with Crippen molar-refractivity contribution in [1.82, 2.24) is 15.1 Å². The van der Waals surface area contributed by atoms with Gasteiger partial charge >= 0.3 is 6.03 Å². The molecule has 0 aromatic heterocycles. The molecular formula is C21H30N4O3S. The van der Waals surface area contributed by atoms with E-state index in [1.54, 1.807) is 0 Å². The Hall–Kier alpha value is -2.06. The highest BCUT2D eigenvalue weighted by atomic mass is 32.2. The van der Waals surface area contributed by atoms with Gasteiger partial charge in [0.05, 0.1) is 0 Å². The monoisotopic (exact) mass is 418 g/mol. The Balaban J connectivity index is 1.50. The number of imide groups is 1. The zero-order chi connectivity index (χ0) is 20.9. The van der Waals surface area contributed by atoms with Gasteiger partial charge in [-0.05, 0) is 37.0 Å². The van der Waals surface area contributed by atoms with E-state index in [4.69, 9.17) is 0 Å². The van der Waals surface area contributed by atoms with E-state index in [1.165, 1.54) is 17.1 Å². The maximum Gasteiger partial charge on any atom is 0.325 e. The number of hydrogen-bond acceptors (Lipinski definition) is 5. The maximum absolute atomic E-state index is 12.6. The molecule has 0 spiro atoms. The minimum absolute atomic E-state index is 0.277. The minimum Gasteiger partial charge on any atom is -0.325 e. The second-order valence-corrected chi connectivity index (χ2v) is 8.78. The Bertz CT molecular complexity index is 743. The fraction of sp³-hybridized carbons (Fsp3) is 0.571. The third-order valence-corrected chi connectivity index (χ3v) is 6.76. The Kier molecular flexibility index (Phi) is 7.18. The molecule has 0 radical (unpaired) electrons. The van der Waals surface area contributed by atoms with Gasteiger partial charge in [-0.3, -0.25) is 14.5 Å². The molecule has 1 aromatic rings. The fourth-order valence-electron chi connectivity index (χ4n) is 3.76. The summed E-state index contributed by atoms with van der Waals surface area (Å²) in [4.78, 5) is 40.6. The van der Waals surface area contributed by atoms with Gasteiger partial charge in [0.2, 0.25) is 5.91 Å². The first-order valence-corrected chi connectivity index (χ1v) is 11.5. The Morgan fingerprint density at radius 2 is 1.79 bits per heavy atom. The summed E-state index contributed by atoms with van der Waals surface area (Å²) in [5.41, 5.74) is 1.01. The Morgan fingerprint density at radius 1 is 1.14 bits per heavy atom. The lowest BCUT2D eigenvalue weighted by Crippen LogP contribution is -2.46. The van der Waals surface area contributed by atoms with Gasteiger partial charge in [-0.2, -0.15) is 11.8 Å². The van der Waals surface area contributed by atoms with E-state index in [1.807, 2.05) is 49.9 Å². The molecule has 0 unspecified atom stereocenters. The average Bonchev–Trinajstić information content (AvgIpc) is 2.98. The van der Waals surface area contributed by atoms with Crippen molar-refractivity contribution in [2.75, 3.05) is 43.0 Å². The van der Waals surface area contributed by atoms with Gasteiger partial charge in [0.1, 0.15) is 12.1 Å². The first-order valence-electron chi connectivity index (χ1n) is 10.3. The van der Waals surface area contributed by atoms with Crippen molar-refractivity contribution in [3.05, 3.63) is 29.8 Å². The highest BCUT2D eigenvalue weighted by molar-refractivity contribution is 7.99. The van der Waals surface area contributed by atoms with E-state index in [-0.39, 0.29) is 18.4 Å². The summed E-state index contributed by atoms with van der Waals surface area (Å²) in [6.07, 6.45) is 1.99. The summed E-state index contributed by atoms with van der Waals surface area (Å²) in [6.45, 7) is 6.79. The summed E-state index contributed by atoms with van der Waals surface area (Å²) in [6, 6.07) is 7.27. The van der Waals surface area contributed by atoms with Crippen LogP contribution in [0.15, 0.2) is 24.3 Å². The van der Waals surface area contributed by atoms with Crippen LogP contribution >= 0.6 is 11.8 Å². The fourth-order valence-corrected chi connectivity index (χ4v) is 4.74. The second-order valence-electron chi connectivity index (χ2n) is 7.56. The van der Waals surface area contributed by atoms with Crippen LogP contribution < -0.4 is 10.6 Å². The third kappa shape index (κ3) is 5.11. The lowest BCUT2D eigenvalue weighted by molar-refractivity contribution is -0.134. The van der Waals surface area contributed by atoms with Crippen molar-refractivity contribution in [2.45, 2.75) is 38.6 Å². The molecule has 2 aliphatic rings. The van der Waals surface area contributed by atoms with Crippen molar-refractivity contribution in [2.24, 2.45) is 0 Å². The minimum atomic E-state index is -0.883. The van der Waals surface area contributed by atoms with Crippen LogP contribution in [0, 0.1) is 0 Å². The van der Waals surface area contributed by atoms with Crippen LogP contribution in [0.1, 0.15) is 32.3 Å². The largest absolute Gasteiger partial charge is 0.325 e. The molecule has 4 amide bonds. The van der Waals surface area contributed by atoms with Gasteiger partial charge in [-0.25, -0.2) is 4.79 Å². The number of anilines is 1. The summed E-state index contributed by atoms with van der Waals surface area (Å²) in [5, 5.41) is 5.52. The first kappa shape index (κ1) is 21.6. The van der Waals surface area contributed by atoms with E-state index in [2.05, 4.69) is 15.5 Å². The number of benzene rings is 1. The number of thioether (sulfide) groups is 1. The summed E-state index contributed by atoms with van der Waals surface area (Å²) in [5.74, 6) is 1.71. The van der Waals surface area contributed by atoms with E-state index >= 15 is 0 Å². The number of carbonyl (C=O) groups is 3. The highest BCUT2D eigenvalue weighted by Gasteiger charge is 2.49. The van der Waals surface area contributed by atoms with Crippen LogP contribution in [0.2, 0.25) is 0 Å². The number of hydrogen-bond donors (Lipinski definition) is 2. The molecule has 3 rings (SSSR count). The van der Waals surface area contributed by atoms with Crippen molar-refractivity contribution in [3.8, 4) is 0 Å². The van der Waals surface area contributed by atoms with Gasteiger partial charge in [0, 0.05) is 36.8 Å². The molecule has 7 nitrogen and oxygen atoms in total. The van der Waals surface area contributed by atoms with E-state index in [9.17, 15) is 14.4 Å². The van der Waals surface area contributed by atoms with E-state index < -0.39 is 11.6 Å². The van der Waals surface area contributed by atoms with Gasteiger partial charge in [-0.1, -0.05) is 26.0 Å². The molecule has 8 heteroatoms. The van der Waals surface area contributed by atoms with Gasteiger partial charge in [0.25, 0.3) is 5.91 Å². The molecule has 0 aliphatic carbocycles. The van der Waals surface area contributed by atoms with Crippen molar-refractivity contribution in [1.29, 1.82) is 0 Å². The predicted octanol–water partition coefficient (Wildman–Crippen LogP) is 2.33. The first-order chi connectivity index (χ1) is 14.0. The summed E-state index contributed by atoms with van der Waals surface area (Å²) >= 11 is 2.01. The predicted molar refractivity (Wildman–Crippen MR) is 116 cm³/mol. The number of amides is 4. The molecule has 0 atom stereocenters.